The average Bonchev–Trinajstić information content (AvgIpc) is 2.88. The second kappa shape index (κ2) is 9.42. The van der Waals surface area contributed by atoms with Crippen LogP contribution in [-0.4, -0.2) is 32.6 Å². The summed E-state index contributed by atoms with van der Waals surface area (Å²) in [6.45, 7) is 1.47. The van der Waals surface area contributed by atoms with Gasteiger partial charge in [-0.3, -0.25) is 19.3 Å². The summed E-state index contributed by atoms with van der Waals surface area (Å²) < 4.78 is 45.8. The van der Waals surface area contributed by atoms with Crippen LogP contribution >= 0.6 is 0 Å². The molecule has 4 rings (SSSR count). The quantitative estimate of drug-likeness (QED) is 0.391. The number of halogens is 3. The van der Waals surface area contributed by atoms with Gasteiger partial charge in [-0.15, -0.1) is 0 Å². The molecule has 2 heterocycles. The second-order valence-corrected chi connectivity index (χ2v) is 7.52. The maximum atomic E-state index is 13.4. The summed E-state index contributed by atoms with van der Waals surface area (Å²) in [5, 5.41) is 9.07. The Morgan fingerprint density at radius 3 is 2.31 bits per heavy atom. The maximum Gasteiger partial charge on any atom is 0.416 e. The van der Waals surface area contributed by atoms with Gasteiger partial charge in [-0.1, -0.05) is 18.2 Å². The molecule has 0 radical (unpaired) electrons. The highest BCUT2D eigenvalue weighted by Gasteiger charge is 2.31. The molecular formula is C25H16F3N5O3. The molecule has 2 aromatic carbocycles. The summed E-state index contributed by atoms with van der Waals surface area (Å²) in [7, 11) is 1.06. The van der Waals surface area contributed by atoms with E-state index in [1.54, 1.807) is 24.3 Å². The van der Waals surface area contributed by atoms with E-state index in [-0.39, 0.29) is 22.8 Å². The smallest absolute Gasteiger partial charge is 0.416 e. The average molecular weight is 491 g/mol. The Balaban J connectivity index is 2.03. The zero-order valence-electron chi connectivity index (χ0n) is 18.9. The lowest BCUT2D eigenvalue weighted by molar-refractivity contribution is -0.137. The summed E-state index contributed by atoms with van der Waals surface area (Å²) in [6.07, 6.45) is -1.85. The number of nitrogens with zero attached hydrogens (tertiary/aromatic N) is 5. The Hall–Kier alpha value is -4.85. The minimum absolute atomic E-state index is 0.0415. The fourth-order valence-corrected chi connectivity index (χ4v) is 3.62. The molecule has 11 heteroatoms. The van der Waals surface area contributed by atoms with Crippen LogP contribution in [0.1, 0.15) is 27.3 Å². The van der Waals surface area contributed by atoms with E-state index < -0.39 is 29.0 Å². The van der Waals surface area contributed by atoms with E-state index in [4.69, 9.17) is 10.00 Å². The van der Waals surface area contributed by atoms with Gasteiger partial charge in [-0.05, 0) is 37.3 Å². The highest BCUT2D eigenvalue weighted by molar-refractivity contribution is 5.88. The van der Waals surface area contributed by atoms with E-state index >= 15 is 0 Å². The number of benzene rings is 2. The summed E-state index contributed by atoms with van der Waals surface area (Å²) in [4.78, 5) is 38.5. The fraction of sp³-hybridized carbons (Fsp3) is 0.120. The standard InChI is InChI=1S/C25H16F3N5O3/c1-14-19(21-20(30-10-11-31-21)16-8-6-15(13-29)7-9-16)32-22(24(35)36-2)23(34)33(14)18-5-3-4-17(12-18)25(26,27)28/h3-12H,1-2H3. The number of methoxy groups -OCH3 is 1. The van der Waals surface area contributed by atoms with Crippen molar-refractivity contribution in [2.75, 3.05) is 7.11 Å². The van der Waals surface area contributed by atoms with E-state index in [1.165, 1.54) is 25.4 Å². The number of hydrogen-bond acceptors (Lipinski definition) is 7. The molecule has 0 aliphatic rings. The number of ether oxygens (including phenoxy) is 1. The lowest BCUT2D eigenvalue weighted by Crippen LogP contribution is -2.30. The fourth-order valence-electron chi connectivity index (χ4n) is 3.62. The van der Waals surface area contributed by atoms with Crippen LogP contribution in [0.2, 0.25) is 0 Å². The molecule has 0 aliphatic heterocycles. The molecule has 4 aromatic rings. The molecule has 0 amide bonds. The van der Waals surface area contributed by atoms with Crippen molar-refractivity contribution in [2.45, 2.75) is 13.1 Å². The topological polar surface area (TPSA) is 111 Å². The number of carbonyl (C=O) groups excluding carboxylic acids is 1. The van der Waals surface area contributed by atoms with Crippen molar-refractivity contribution in [3.63, 3.8) is 0 Å². The minimum Gasteiger partial charge on any atom is -0.464 e. The largest absolute Gasteiger partial charge is 0.464 e. The van der Waals surface area contributed by atoms with E-state index in [2.05, 4.69) is 15.0 Å². The van der Waals surface area contributed by atoms with Crippen molar-refractivity contribution in [2.24, 2.45) is 0 Å². The number of alkyl halides is 3. The van der Waals surface area contributed by atoms with Gasteiger partial charge in [0.15, 0.2) is 0 Å². The van der Waals surface area contributed by atoms with Crippen LogP contribution in [0.4, 0.5) is 13.2 Å². The van der Waals surface area contributed by atoms with Crippen molar-refractivity contribution < 1.29 is 22.7 Å². The maximum absolute atomic E-state index is 13.4. The normalized spacial score (nSPS) is 11.1. The Labute approximate surface area is 202 Å². The lowest BCUT2D eigenvalue weighted by Gasteiger charge is -2.17. The SMILES string of the molecule is COC(=O)c1nc(-c2nccnc2-c2ccc(C#N)cc2)c(C)n(-c2cccc(C(F)(F)F)c2)c1=O. The number of hydrogen-bond donors (Lipinski definition) is 0. The second-order valence-electron chi connectivity index (χ2n) is 7.52. The number of rotatable bonds is 4. The molecule has 0 saturated heterocycles. The number of esters is 1. The molecule has 180 valence electrons. The summed E-state index contributed by atoms with van der Waals surface area (Å²) in [5.74, 6) is -1.06. The van der Waals surface area contributed by atoms with E-state index in [9.17, 15) is 22.8 Å². The van der Waals surface area contributed by atoms with Crippen LogP contribution < -0.4 is 5.56 Å². The molecule has 8 nitrogen and oxygen atoms in total. The predicted octanol–water partition coefficient (Wildman–Crippen LogP) is 4.34. The van der Waals surface area contributed by atoms with E-state index in [0.29, 0.717) is 16.8 Å². The number of nitriles is 1. The van der Waals surface area contributed by atoms with Crippen LogP contribution in [0.15, 0.2) is 65.7 Å². The van der Waals surface area contributed by atoms with Crippen molar-refractivity contribution >= 4 is 5.97 Å². The lowest BCUT2D eigenvalue weighted by atomic mass is 10.0. The van der Waals surface area contributed by atoms with Gasteiger partial charge in [0, 0.05) is 23.6 Å². The first-order valence-electron chi connectivity index (χ1n) is 10.4. The minimum atomic E-state index is -4.65. The van der Waals surface area contributed by atoms with Gasteiger partial charge in [0.2, 0.25) is 5.69 Å². The molecule has 0 spiro atoms. The summed E-state index contributed by atoms with van der Waals surface area (Å²) >= 11 is 0. The molecule has 0 atom stereocenters. The van der Waals surface area contributed by atoms with Gasteiger partial charge >= 0.3 is 12.1 Å². The number of carbonyl (C=O) groups is 1. The molecule has 0 N–H and O–H groups in total. The molecular weight excluding hydrogens is 475 g/mol. The van der Waals surface area contributed by atoms with Crippen LogP contribution in [0.5, 0.6) is 0 Å². The van der Waals surface area contributed by atoms with Gasteiger partial charge in [0.1, 0.15) is 11.4 Å². The van der Waals surface area contributed by atoms with Gasteiger partial charge in [-0.2, -0.15) is 18.4 Å². The molecule has 0 bridgehead atoms. The molecule has 2 aromatic heterocycles. The van der Waals surface area contributed by atoms with Crippen LogP contribution in [-0.2, 0) is 10.9 Å². The Morgan fingerprint density at radius 1 is 1.03 bits per heavy atom. The third-order valence-corrected chi connectivity index (χ3v) is 5.33. The first-order chi connectivity index (χ1) is 17.2. The monoisotopic (exact) mass is 491 g/mol. The zero-order valence-corrected chi connectivity index (χ0v) is 18.9. The summed E-state index contributed by atoms with van der Waals surface area (Å²) in [5.41, 5.74) is -1.03. The van der Waals surface area contributed by atoms with E-state index in [0.717, 1.165) is 29.9 Å². The predicted molar refractivity (Wildman–Crippen MR) is 122 cm³/mol. The van der Waals surface area contributed by atoms with Crippen molar-refractivity contribution in [3.8, 4) is 34.4 Å². The molecule has 0 aliphatic carbocycles. The highest BCUT2D eigenvalue weighted by atomic mass is 19.4. The van der Waals surface area contributed by atoms with Gasteiger partial charge in [-0.25, -0.2) is 9.78 Å². The van der Waals surface area contributed by atoms with Crippen LogP contribution in [0, 0.1) is 18.3 Å². The van der Waals surface area contributed by atoms with Gasteiger partial charge in [0.25, 0.3) is 5.56 Å². The molecule has 0 saturated carbocycles. The van der Waals surface area contributed by atoms with E-state index in [1.807, 2.05) is 6.07 Å². The Morgan fingerprint density at radius 2 is 1.69 bits per heavy atom. The highest BCUT2D eigenvalue weighted by Crippen LogP contribution is 2.32. The van der Waals surface area contributed by atoms with Gasteiger partial charge < -0.3 is 4.74 Å². The first-order valence-corrected chi connectivity index (χ1v) is 10.4. The van der Waals surface area contributed by atoms with Crippen molar-refractivity contribution in [1.29, 1.82) is 5.26 Å². The third kappa shape index (κ3) is 4.44. The number of aromatic nitrogens is 4. The summed E-state index contributed by atoms with van der Waals surface area (Å²) in [6, 6.07) is 12.6. The van der Waals surface area contributed by atoms with Crippen LogP contribution in [0.3, 0.4) is 0 Å². The molecule has 0 fully saturated rings. The van der Waals surface area contributed by atoms with Crippen molar-refractivity contribution in [1.82, 2.24) is 19.5 Å². The van der Waals surface area contributed by atoms with Crippen molar-refractivity contribution in [3.05, 3.63) is 93.8 Å². The van der Waals surface area contributed by atoms with Gasteiger partial charge in [0.05, 0.1) is 35.7 Å². The Bertz CT molecular complexity index is 1570. The first kappa shape index (κ1) is 24.3. The third-order valence-electron chi connectivity index (χ3n) is 5.33. The zero-order chi connectivity index (χ0) is 26.0. The molecule has 0 unspecified atom stereocenters. The van der Waals surface area contributed by atoms with Crippen LogP contribution in [0.25, 0.3) is 28.3 Å². The molecule has 36 heavy (non-hydrogen) atoms. The Kier molecular flexibility index (Phi) is 6.35.